The van der Waals surface area contributed by atoms with Crippen LogP contribution >= 0.6 is 0 Å². The summed E-state index contributed by atoms with van der Waals surface area (Å²) in [6, 6.07) is 18.2. The van der Waals surface area contributed by atoms with E-state index in [1.807, 2.05) is 38.1 Å². The minimum atomic E-state index is -0.360. The van der Waals surface area contributed by atoms with Crippen LogP contribution in [0.25, 0.3) is 0 Å². The van der Waals surface area contributed by atoms with Crippen LogP contribution in [0, 0.1) is 13.8 Å². The van der Waals surface area contributed by atoms with Crippen molar-refractivity contribution in [3.63, 3.8) is 0 Å². The van der Waals surface area contributed by atoms with Crippen molar-refractivity contribution in [1.29, 1.82) is 0 Å². The monoisotopic (exact) mass is 374 g/mol. The summed E-state index contributed by atoms with van der Waals surface area (Å²) in [4.78, 5) is 24.8. The molecule has 1 N–H and O–H groups in total. The lowest BCUT2D eigenvalue weighted by Crippen LogP contribution is -2.12. The number of hydrogen-bond donors (Lipinski definition) is 1. The predicted octanol–water partition coefficient (Wildman–Crippen LogP) is 4.91. The summed E-state index contributed by atoms with van der Waals surface area (Å²) in [6.45, 7) is 3.98. The molecule has 0 unspecified atom stereocenters. The first-order valence-electron chi connectivity index (χ1n) is 9.40. The van der Waals surface area contributed by atoms with E-state index in [0.29, 0.717) is 28.6 Å². The third kappa shape index (κ3) is 3.69. The van der Waals surface area contributed by atoms with E-state index in [0.717, 1.165) is 11.4 Å². The average Bonchev–Trinajstić information content (AvgIpc) is 3.48. The normalized spacial score (nSPS) is 13.2. The lowest BCUT2D eigenvalue weighted by Gasteiger charge is -2.09. The maximum Gasteiger partial charge on any atom is 0.345 e. The zero-order valence-electron chi connectivity index (χ0n) is 15.9. The maximum absolute atomic E-state index is 12.6. The van der Waals surface area contributed by atoms with Crippen LogP contribution in [-0.2, 0) is 0 Å². The summed E-state index contributed by atoms with van der Waals surface area (Å²) in [6.07, 6.45) is 2.34. The number of nitrogens with one attached hydrogen (secondary N) is 1. The number of carbonyl (C=O) groups excluding carboxylic acids is 2. The van der Waals surface area contributed by atoms with Crippen molar-refractivity contribution in [2.24, 2.45) is 0 Å². The van der Waals surface area contributed by atoms with Gasteiger partial charge in [0.25, 0.3) is 5.91 Å². The molecule has 1 heterocycles. The van der Waals surface area contributed by atoms with Gasteiger partial charge in [0.1, 0.15) is 5.75 Å². The van der Waals surface area contributed by atoms with Gasteiger partial charge in [-0.05, 0) is 69.2 Å². The minimum Gasteiger partial charge on any atom is -0.423 e. The van der Waals surface area contributed by atoms with Crippen LogP contribution in [0.5, 0.6) is 5.75 Å². The van der Waals surface area contributed by atoms with Crippen molar-refractivity contribution in [1.82, 2.24) is 4.57 Å². The van der Waals surface area contributed by atoms with Crippen molar-refractivity contribution < 1.29 is 14.3 Å². The van der Waals surface area contributed by atoms with Gasteiger partial charge in [0, 0.05) is 28.7 Å². The van der Waals surface area contributed by atoms with Gasteiger partial charge in [-0.2, -0.15) is 0 Å². The Morgan fingerprint density at radius 3 is 2.32 bits per heavy atom. The third-order valence-corrected chi connectivity index (χ3v) is 4.98. The van der Waals surface area contributed by atoms with Crippen molar-refractivity contribution in [3.8, 4) is 5.75 Å². The van der Waals surface area contributed by atoms with Gasteiger partial charge in [-0.15, -0.1) is 0 Å². The first-order chi connectivity index (χ1) is 13.5. The molecule has 0 bridgehead atoms. The molecule has 0 aliphatic heterocycles. The number of aryl methyl sites for hydroxylation is 1. The van der Waals surface area contributed by atoms with E-state index in [1.165, 1.54) is 12.8 Å². The molecule has 142 valence electrons. The lowest BCUT2D eigenvalue weighted by atomic mass is 10.2. The number of ether oxygens (including phenoxy) is 1. The number of hydrogen-bond acceptors (Lipinski definition) is 3. The number of esters is 1. The Bertz CT molecular complexity index is 1020. The Morgan fingerprint density at radius 2 is 1.68 bits per heavy atom. The number of aromatic nitrogens is 1. The molecule has 1 fully saturated rings. The summed E-state index contributed by atoms with van der Waals surface area (Å²) in [5.74, 6) is -0.0992. The lowest BCUT2D eigenvalue weighted by molar-refractivity contribution is 0.0733. The zero-order valence-corrected chi connectivity index (χ0v) is 15.9. The topological polar surface area (TPSA) is 60.3 Å². The number of rotatable bonds is 5. The molecule has 0 spiro atoms. The number of benzene rings is 2. The summed E-state index contributed by atoms with van der Waals surface area (Å²) in [7, 11) is 0. The van der Waals surface area contributed by atoms with Crippen molar-refractivity contribution >= 4 is 17.6 Å². The minimum absolute atomic E-state index is 0.183. The number of nitrogens with zero attached hydrogens (tertiary/aromatic N) is 1. The molecule has 1 saturated carbocycles. The van der Waals surface area contributed by atoms with E-state index >= 15 is 0 Å². The molecule has 5 nitrogen and oxygen atoms in total. The summed E-state index contributed by atoms with van der Waals surface area (Å²) in [5.41, 5.74) is 3.87. The summed E-state index contributed by atoms with van der Waals surface area (Å²) in [5, 5.41) is 2.83. The Balaban J connectivity index is 1.43. The highest BCUT2D eigenvalue weighted by atomic mass is 16.5. The average molecular weight is 374 g/mol. The number of amides is 1. The van der Waals surface area contributed by atoms with E-state index in [1.54, 1.807) is 36.4 Å². The van der Waals surface area contributed by atoms with E-state index in [2.05, 4.69) is 9.88 Å². The largest absolute Gasteiger partial charge is 0.423 e. The van der Waals surface area contributed by atoms with Gasteiger partial charge in [0.2, 0.25) is 0 Å². The zero-order chi connectivity index (χ0) is 19.7. The Morgan fingerprint density at radius 1 is 1.00 bits per heavy atom. The highest BCUT2D eigenvalue weighted by Crippen LogP contribution is 2.38. The molecule has 0 atom stereocenters. The van der Waals surface area contributed by atoms with Crippen LogP contribution in [0.15, 0.2) is 60.7 Å². The molecule has 5 heteroatoms. The van der Waals surface area contributed by atoms with E-state index in [-0.39, 0.29) is 11.9 Å². The third-order valence-electron chi connectivity index (χ3n) is 4.98. The van der Waals surface area contributed by atoms with Gasteiger partial charge in [-0.3, -0.25) is 4.79 Å². The SMILES string of the molecule is Cc1cc(C(=O)Oc2ccc(NC(=O)c3ccccc3)cc2)c(C)n1C1CC1. The quantitative estimate of drug-likeness (QED) is 0.510. The van der Waals surface area contributed by atoms with Crippen molar-refractivity contribution in [3.05, 3.63) is 83.2 Å². The standard InChI is InChI=1S/C23H22N2O3/c1-15-14-21(16(2)25(15)19-10-11-19)23(27)28-20-12-8-18(9-13-20)24-22(26)17-6-4-3-5-7-17/h3-9,12-14,19H,10-11H2,1-2H3,(H,24,26). The second kappa shape index (κ2) is 7.35. The van der Waals surface area contributed by atoms with Crippen LogP contribution < -0.4 is 10.1 Å². The predicted molar refractivity (Wildman–Crippen MR) is 108 cm³/mol. The van der Waals surface area contributed by atoms with Crippen LogP contribution in [0.4, 0.5) is 5.69 Å². The molecule has 2 aromatic carbocycles. The summed E-state index contributed by atoms with van der Waals surface area (Å²) < 4.78 is 7.75. The molecule has 4 rings (SSSR count). The Kier molecular flexibility index (Phi) is 4.74. The van der Waals surface area contributed by atoms with Gasteiger partial charge >= 0.3 is 5.97 Å². The first kappa shape index (κ1) is 18.0. The molecule has 1 aliphatic rings. The fourth-order valence-corrected chi connectivity index (χ4v) is 3.44. The van der Waals surface area contributed by atoms with E-state index in [9.17, 15) is 9.59 Å². The maximum atomic E-state index is 12.6. The van der Waals surface area contributed by atoms with Crippen molar-refractivity contribution in [2.75, 3.05) is 5.32 Å². The smallest absolute Gasteiger partial charge is 0.345 e. The van der Waals surface area contributed by atoms with E-state index in [4.69, 9.17) is 4.74 Å². The number of carbonyl (C=O) groups is 2. The molecule has 1 aliphatic carbocycles. The van der Waals surface area contributed by atoms with Gasteiger partial charge in [0.15, 0.2) is 0 Å². The van der Waals surface area contributed by atoms with Gasteiger partial charge in [0.05, 0.1) is 5.56 Å². The van der Waals surface area contributed by atoms with Gasteiger partial charge in [-0.1, -0.05) is 18.2 Å². The van der Waals surface area contributed by atoms with Crippen LogP contribution in [0.1, 0.15) is 51.0 Å². The second-order valence-electron chi connectivity index (χ2n) is 7.12. The molecule has 3 aromatic rings. The van der Waals surface area contributed by atoms with Gasteiger partial charge < -0.3 is 14.6 Å². The summed E-state index contributed by atoms with van der Waals surface area (Å²) >= 11 is 0. The van der Waals surface area contributed by atoms with Crippen LogP contribution in [0.2, 0.25) is 0 Å². The van der Waals surface area contributed by atoms with Crippen LogP contribution in [-0.4, -0.2) is 16.4 Å². The van der Waals surface area contributed by atoms with Crippen molar-refractivity contribution in [2.45, 2.75) is 32.7 Å². The highest BCUT2D eigenvalue weighted by molar-refractivity contribution is 6.04. The Hall–Kier alpha value is -3.34. The fraction of sp³-hybridized carbons (Fsp3) is 0.217. The Labute approximate surface area is 163 Å². The molecule has 28 heavy (non-hydrogen) atoms. The molecule has 1 aromatic heterocycles. The first-order valence-corrected chi connectivity index (χ1v) is 9.40. The molecule has 0 saturated heterocycles. The van der Waals surface area contributed by atoms with E-state index < -0.39 is 0 Å². The van der Waals surface area contributed by atoms with Crippen LogP contribution in [0.3, 0.4) is 0 Å². The number of anilines is 1. The second-order valence-corrected chi connectivity index (χ2v) is 7.12. The molecular weight excluding hydrogens is 352 g/mol. The fourth-order valence-electron chi connectivity index (χ4n) is 3.44. The highest BCUT2D eigenvalue weighted by Gasteiger charge is 2.28. The molecule has 1 amide bonds. The molecule has 0 radical (unpaired) electrons. The van der Waals surface area contributed by atoms with Gasteiger partial charge in [-0.25, -0.2) is 4.79 Å². The molecular formula is C23H22N2O3.